The van der Waals surface area contributed by atoms with Crippen molar-refractivity contribution >= 4 is 28.6 Å². The summed E-state index contributed by atoms with van der Waals surface area (Å²) >= 11 is 1.38. The van der Waals surface area contributed by atoms with Crippen LogP contribution >= 0.6 is 11.3 Å². The third-order valence-corrected chi connectivity index (χ3v) is 6.33. The van der Waals surface area contributed by atoms with Gasteiger partial charge < -0.3 is 9.47 Å². The summed E-state index contributed by atoms with van der Waals surface area (Å²) in [5.41, 5.74) is 3.01. The van der Waals surface area contributed by atoms with Crippen LogP contribution in [0.4, 0.5) is 0 Å². The van der Waals surface area contributed by atoms with E-state index in [2.05, 4.69) is 32.9 Å². The highest BCUT2D eigenvalue weighted by atomic mass is 32.1. The fourth-order valence-electron chi connectivity index (χ4n) is 3.28. The van der Waals surface area contributed by atoms with Gasteiger partial charge in [-0.2, -0.15) is 0 Å². The molecule has 0 bridgehead atoms. The molecule has 2 heterocycles. The molecule has 6 nitrogen and oxygen atoms in total. The molecule has 3 aromatic rings. The first kappa shape index (κ1) is 22.0. The van der Waals surface area contributed by atoms with Crippen LogP contribution in [0.1, 0.15) is 62.0 Å². The number of esters is 1. The standard InChI is InChI=1S/C23H28N2O4S/c1-6-23(4,5)15-9-10-19(28-7-2)17(11-15)21-18(14-26)25-13-16(30-22(25)24-21)12-20(27)29-8-3/h9-11,13-14H,6-8,12H2,1-5H3. The molecule has 0 unspecified atom stereocenters. The second-order valence-electron chi connectivity index (χ2n) is 7.68. The van der Waals surface area contributed by atoms with E-state index >= 15 is 0 Å². The fourth-order valence-corrected chi connectivity index (χ4v) is 4.25. The first-order chi connectivity index (χ1) is 14.3. The van der Waals surface area contributed by atoms with Gasteiger partial charge in [0.25, 0.3) is 0 Å². The molecule has 0 aliphatic rings. The number of thiazole rings is 1. The molecular formula is C23H28N2O4S. The zero-order valence-corrected chi connectivity index (χ0v) is 19.0. The second-order valence-corrected chi connectivity index (χ2v) is 8.77. The number of benzene rings is 1. The lowest BCUT2D eigenvalue weighted by Crippen LogP contribution is -2.15. The van der Waals surface area contributed by atoms with Crippen LogP contribution in [0.3, 0.4) is 0 Å². The predicted octanol–water partition coefficient (Wildman–Crippen LogP) is 5.07. The first-order valence-electron chi connectivity index (χ1n) is 10.2. The number of hydrogen-bond donors (Lipinski definition) is 0. The maximum Gasteiger partial charge on any atom is 0.311 e. The van der Waals surface area contributed by atoms with Gasteiger partial charge in [-0.25, -0.2) is 4.98 Å². The Balaban J connectivity index is 2.11. The molecule has 2 aromatic heterocycles. The minimum Gasteiger partial charge on any atom is -0.493 e. The van der Waals surface area contributed by atoms with Gasteiger partial charge in [0.05, 0.1) is 19.6 Å². The molecule has 0 saturated carbocycles. The van der Waals surface area contributed by atoms with Crippen molar-refractivity contribution in [2.75, 3.05) is 13.2 Å². The number of ether oxygens (including phenoxy) is 2. The second kappa shape index (κ2) is 9.00. The number of imidazole rings is 1. The average molecular weight is 429 g/mol. The Kier molecular flexibility index (Phi) is 6.61. The van der Waals surface area contributed by atoms with Gasteiger partial charge >= 0.3 is 5.97 Å². The number of carbonyl (C=O) groups excluding carboxylic acids is 2. The van der Waals surface area contributed by atoms with E-state index in [1.54, 1.807) is 17.5 Å². The van der Waals surface area contributed by atoms with Crippen LogP contribution in [0.15, 0.2) is 24.4 Å². The van der Waals surface area contributed by atoms with Gasteiger partial charge in [0, 0.05) is 16.6 Å². The molecule has 0 fully saturated rings. The zero-order valence-electron chi connectivity index (χ0n) is 18.2. The van der Waals surface area contributed by atoms with E-state index in [0.717, 1.165) is 23.1 Å². The van der Waals surface area contributed by atoms with Crippen molar-refractivity contribution < 1.29 is 19.1 Å². The first-order valence-corrected chi connectivity index (χ1v) is 11.1. The molecule has 0 aliphatic heterocycles. The van der Waals surface area contributed by atoms with Gasteiger partial charge in [0.15, 0.2) is 11.2 Å². The molecule has 3 rings (SSSR count). The van der Waals surface area contributed by atoms with Gasteiger partial charge in [-0.05, 0) is 43.4 Å². The van der Waals surface area contributed by atoms with Crippen molar-refractivity contribution in [3.8, 4) is 17.0 Å². The maximum atomic E-state index is 12.0. The van der Waals surface area contributed by atoms with E-state index in [1.165, 1.54) is 16.9 Å². The quantitative estimate of drug-likeness (QED) is 0.352. The molecule has 0 amide bonds. The molecule has 1 aromatic carbocycles. The summed E-state index contributed by atoms with van der Waals surface area (Å²) in [4.78, 5) is 30.0. The van der Waals surface area contributed by atoms with E-state index in [4.69, 9.17) is 14.5 Å². The lowest BCUT2D eigenvalue weighted by molar-refractivity contribution is -0.142. The predicted molar refractivity (Wildman–Crippen MR) is 119 cm³/mol. The number of nitrogens with zero attached hydrogens (tertiary/aromatic N) is 2. The highest BCUT2D eigenvalue weighted by molar-refractivity contribution is 7.17. The Morgan fingerprint density at radius 2 is 2.00 bits per heavy atom. The van der Waals surface area contributed by atoms with E-state index in [0.29, 0.717) is 35.3 Å². The molecule has 0 N–H and O–H groups in total. The molecule has 0 saturated heterocycles. The Morgan fingerprint density at radius 1 is 1.23 bits per heavy atom. The largest absolute Gasteiger partial charge is 0.493 e. The number of hydrogen-bond acceptors (Lipinski definition) is 6. The van der Waals surface area contributed by atoms with Crippen molar-refractivity contribution in [1.29, 1.82) is 0 Å². The summed E-state index contributed by atoms with van der Waals surface area (Å²) in [5.74, 6) is 0.414. The van der Waals surface area contributed by atoms with E-state index < -0.39 is 0 Å². The maximum absolute atomic E-state index is 12.0. The van der Waals surface area contributed by atoms with Crippen LogP contribution in [0.2, 0.25) is 0 Å². The number of carbonyl (C=O) groups is 2. The van der Waals surface area contributed by atoms with Crippen molar-refractivity contribution in [2.45, 2.75) is 52.9 Å². The number of aromatic nitrogens is 2. The third kappa shape index (κ3) is 4.26. The molecule has 0 spiro atoms. The smallest absolute Gasteiger partial charge is 0.311 e. The summed E-state index contributed by atoms with van der Waals surface area (Å²) in [6.07, 6.45) is 3.75. The summed E-state index contributed by atoms with van der Waals surface area (Å²) in [5, 5.41) is 0. The molecule has 30 heavy (non-hydrogen) atoms. The topological polar surface area (TPSA) is 69.9 Å². The van der Waals surface area contributed by atoms with Crippen LogP contribution in [0, 0.1) is 0 Å². The monoisotopic (exact) mass is 428 g/mol. The highest BCUT2D eigenvalue weighted by Crippen LogP contribution is 2.38. The van der Waals surface area contributed by atoms with E-state index in [1.807, 2.05) is 13.0 Å². The fraction of sp³-hybridized carbons (Fsp3) is 0.435. The summed E-state index contributed by atoms with van der Waals surface area (Å²) in [6.45, 7) is 11.1. The van der Waals surface area contributed by atoms with Crippen LogP contribution in [0.5, 0.6) is 5.75 Å². The number of fused-ring (bicyclic) bond motifs is 1. The minimum absolute atomic E-state index is 0.00916. The number of rotatable bonds is 9. The van der Waals surface area contributed by atoms with Crippen LogP contribution in [-0.2, 0) is 21.4 Å². The molecule has 0 atom stereocenters. The molecule has 0 aliphatic carbocycles. The summed E-state index contributed by atoms with van der Waals surface area (Å²) < 4.78 is 12.6. The van der Waals surface area contributed by atoms with Gasteiger partial charge in [0.1, 0.15) is 17.1 Å². The van der Waals surface area contributed by atoms with Gasteiger partial charge in [-0.15, -0.1) is 11.3 Å². The van der Waals surface area contributed by atoms with E-state index in [-0.39, 0.29) is 17.8 Å². The number of aldehydes is 1. The zero-order chi connectivity index (χ0) is 21.9. The molecule has 160 valence electrons. The SMILES string of the molecule is CCOC(=O)Cc1cn2c(C=O)c(-c3cc(C(C)(C)CC)ccc3OCC)nc2s1. The average Bonchev–Trinajstić information content (AvgIpc) is 3.25. The Labute approximate surface area is 180 Å². The van der Waals surface area contributed by atoms with Crippen molar-refractivity contribution in [3.63, 3.8) is 0 Å². The third-order valence-electron chi connectivity index (χ3n) is 5.35. The van der Waals surface area contributed by atoms with Crippen molar-refractivity contribution in [1.82, 2.24) is 9.38 Å². The van der Waals surface area contributed by atoms with Crippen LogP contribution in [-0.4, -0.2) is 34.9 Å². The molecular weight excluding hydrogens is 400 g/mol. The minimum atomic E-state index is -0.289. The normalized spacial score (nSPS) is 11.6. The molecule has 7 heteroatoms. The Hall–Kier alpha value is -2.67. The van der Waals surface area contributed by atoms with Crippen LogP contribution in [0.25, 0.3) is 16.2 Å². The van der Waals surface area contributed by atoms with E-state index in [9.17, 15) is 9.59 Å². The lowest BCUT2D eigenvalue weighted by Gasteiger charge is -2.24. The van der Waals surface area contributed by atoms with Crippen molar-refractivity contribution in [3.05, 3.63) is 40.5 Å². The summed E-state index contributed by atoms with van der Waals surface area (Å²) in [6, 6.07) is 6.11. The Morgan fingerprint density at radius 3 is 2.63 bits per heavy atom. The van der Waals surface area contributed by atoms with Gasteiger partial charge in [-0.3, -0.25) is 14.0 Å². The van der Waals surface area contributed by atoms with Gasteiger partial charge in [-0.1, -0.05) is 26.8 Å². The molecule has 0 radical (unpaired) electrons. The van der Waals surface area contributed by atoms with Crippen molar-refractivity contribution in [2.24, 2.45) is 0 Å². The van der Waals surface area contributed by atoms with Gasteiger partial charge in [0.2, 0.25) is 0 Å². The van der Waals surface area contributed by atoms with Crippen LogP contribution < -0.4 is 4.74 Å². The Bertz CT molecular complexity index is 1060. The highest BCUT2D eigenvalue weighted by Gasteiger charge is 2.24. The summed E-state index contributed by atoms with van der Waals surface area (Å²) in [7, 11) is 0. The lowest BCUT2D eigenvalue weighted by atomic mass is 9.81.